The van der Waals surface area contributed by atoms with Gasteiger partial charge in [0.25, 0.3) is 5.91 Å². The molecule has 0 aliphatic rings. The minimum atomic E-state index is -0.201. The summed E-state index contributed by atoms with van der Waals surface area (Å²) in [6.07, 6.45) is 1.68. The van der Waals surface area contributed by atoms with Gasteiger partial charge in [-0.05, 0) is 18.1 Å². The summed E-state index contributed by atoms with van der Waals surface area (Å²) in [5.74, 6) is 1.50. The lowest BCUT2D eigenvalue weighted by molar-refractivity contribution is 0.102. The molecule has 0 unspecified atom stereocenters. The lowest BCUT2D eigenvalue weighted by Crippen LogP contribution is -2.17. The Kier molecular flexibility index (Phi) is 4.40. The zero-order valence-corrected chi connectivity index (χ0v) is 12.0. The first-order valence-corrected chi connectivity index (χ1v) is 6.58. The van der Waals surface area contributed by atoms with Crippen LogP contribution in [0.3, 0.4) is 0 Å². The first-order valence-electron chi connectivity index (χ1n) is 6.58. The van der Waals surface area contributed by atoms with Gasteiger partial charge < -0.3 is 10.1 Å². The van der Waals surface area contributed by atoms with Gasteiger partial charge in [-0.1, -0.05) is 26.0 Å². The van der Waals surface area contributed by atoms with Crippen LogP contribution in [-0.2, 0) is 6.54 Å². The first kappa shape index (κ1) is 14.1. The molecule has 0 atom stereocenters. The number of anilines is 1. The summed E-state index contributed by atoms with van der Waals surface area (Å²) in [5, 5.41) is 7.08. The largest absolute Gasteiger partial charge is 0.496 e. The van der Waals surface area contributed by atoms with Gasteiger partial charge in [0.1, 0.15) is 11.6 Å². The molecule has 0 bridgehead atoms. The summed E-state index contributed by atoms with van der Waals surface area (Å²) in [7, 11) is 1.55. The summed E-state index contributed by atoms with van der Waals surface area (Å²) < 4.78 is 6.99. The fourth-order valence-corrected chi connectivity index (χ4v) is 1.95. The molecular weight excluding hydrogens is 254 g/mol. The van der Waals surface area contributed by atoms with Crippen molar-refractivity contribution in [3.05, 3.63) is 42.1 Å². The third-order valence-electron chi connectivity index (χ3n) is 2.85. The summed E-state index contributed by atoms with van der Waals surface area (Å²) >= 11 is 0. The molecule has 0 radical (unpaired) electrons. The smallest absolute Gasteiger partial charge is 0.260 e. The fourth-order valence-electron chi connectivity index (χ4n) is 1.95. The van der Waals surface area contributed by atoms with Crippen LogP contribution >= 0.6 is 0 Å². The summed E-state index contributed by atoms with van der Waals surface area (Å²) in [6, 6.07) is 8.93. The SMILES string of the molecule is COc1ccccc1C(=O)Nc1ccnn1CC(C)C. The second-order valence-electron chi connectivity index (χ2n) is 4.95. The van der Waals surface area contributed by atoms with E-state index in [2.05, 4.69) is 24.3 Å². The van der Waals surface area contributed by atoms with Crippen LogP contribution in [-0.4, -0.2) is 22.8 Å². The van der Waals surface area contributed by atoms with Crippen molar-refractivity contribution in [3.8, 4) is 5.75 Å². The van der Waals surface area contributed by atoms with Crippen molar-refractivity contribution >= 4 is 11.7 Å². The van der Waals surface area contributed by atoms with Gasteiger partial charge >= 0.3 is 0 Å². The monoisotopic (exact) mass is 273 g/mol. The van der Waals surface area contributed by atoms with Crippen molar-refractivity contribution in [2.75, 3.05) is 12.4 Å². The number of carbonyl (C=O) groups is 1. The van der Waals surface area contributed by atoms with Crippen molar-refractivity contribution in [1.29, 1.82) is 0 Å². The molecule has 1 N–H and O–H groups in total. The number of aromatic nitrogens is 2. The molecule has 2 aromatic rings. The van der Waals surface area contributed by atoms with Gasteiger partial charge in [0.2, 0.25) is 0 Å². The quantitative estimate of drug-likeness (QED) is 0.911. The Morgan fingerprint density at radius 3 is 2.80 bits per heavy atom. The fraction of sp³-hybridized carbons (Fsp3) is 0.333. The van der Waals surface area contributed by atoms with Crippen LogP contribution in [0.1, 0.15) is 24.2 Å². The maximum atomic E-state index is 12.3. The predicted molar refractivity (Wildman–Crippen MR) is 78.0 cm³/mol. The van der Waals surface area contributed by atoms with E-state index < -0.39 is 0 Å². The molecule has 1 aromatic carbocycles. The molecule has 20 heavy (non-hydrogen) atoms. The van der Waals surface area contributed by atoms with Gasteiger partial charge in [-0.15, -0.1) is 0 Å². The van der Waals surface area contributed by atoms with E-state index in [-0.39, 0.29) is 5.91 Å². The Hall–Kier alpha value is -2.30. The molecule has 0 spiro atoms. The van der Waals surface area contributed by atoms with Crippen molar-refractivity contribution in [2.24, 2.45) is 5.92 Å². The summed E-state index contributed by atoms with van der Waals surface area (Å²) in [6.45, 7) is 4.97. The molecule has 2 rings (SSSR count). The zero-order valence-electron chi connectivity index (χ0n) is 12.0. The van der Waals surface area contributed by atoms with Gasteiger partial charge in [0.05, 0.1) is 18.9 Å². The maximum absolute atomic E-state index is 12.3. The first-order chi connectivity index (χ1) is 9.61. The van der Waals surface area contributed by atoms with Crippen molar-refractivity contribution in [3.63, 3.8) is 0 Å². The van der Waals surface area contributed by atoms with Crippen molar-refractivity contribution in [1.82, 2.24) is 9.78 Å². The number of methoxy groups -OCH3 is 1. The number of hydrogen-bond acceptors (Lipinski definition) is 3. The second kappa shape index (κ2) is 6.23. The van der Waals surface area contributed by atoms with Crippen LogP contribution in [0, 0.1) is 5.92 Å². The molecule has 0 saturated carbocycles. The zero-order chi connectivity index (χ0) is 14.5. The molecule has 0 saturated heterocycles. The lowest BCUT2D eigenvalue weighted by atomic mass is 10.2. The topological polar surface area (TPSA) is 56.1 Å². The molecule has 5 nitrogen and oxygen atoms in total. The average Bonchev–Trinajstić information content (AvgIpc) is 2.85. The van der Waals surface area contributed by atoms with E-state index in [9.17, 15) is 4.79 Å². The number of ether oxygens (including phenoxy) is 1. The van der Waals surface area contributed by atoms with Gasteiger partial charge in [0.15, 0.2) is 0 Å². The normalized spacial score (nSPS) is 10.6. The number of nitrogens with zero attached hydrogens (tertiary/aromatic N) is 2. The molecular formula is C15H19N3O2. The predicted octanol–water partition coefficient (Wildman–Crippen LogP) is 2.80. The van der Waals surface area contributed by atoms with E-state index in [1.165, 1.54) is 0 Å². The van der Waals surface area contributed by atoms with Gasteiger partial charge in [0, 0.05) is 12.6 Å². The molecule has 1 heterocycles. The van der Waals surface area contributed by atoms with Gasteiger partial charge in [-0.3, -0.25) is 4.79 Å². The number of benzene rings is 1. The highest BCUT2D eigenvalue weighted by Gasteiger charge is 2.14. The van der Waals surface area contributed by atoms with E-state index in [0.717, 1.165) is 6.54 Å². The minimum absolute atomic E-state index is 0.201. The number of carbonyl (C=O) groups excluding carboxylic acids is 1. The Morgan fingerprint density at radius 2 is 2.10 bits per heavy atom. The van der Waals surface area contributed by atoms with E-state index in [0.29, 0.717) is 23.0 Å². The third-order valence-corrected chi connectivity index (χ3v) is 2.85. The molecule has 5 heteroatoms. The Balaban J connectivity index is 2.18. The van der Waals surface area contributed by atoms with E-state index in [1.807, 2.05) is 12.1 Å². The van der Waals surface area contributed by atoms with Crippen LogP contribution < -0.4 is 10.1 Å². The van der Waals surface area contributed by atoms with Crippen LogP contribution in [0.2, 0.25) is 0 Å². The van der Waals surface area contributed by atoms with Crippen LogP contribution in [0.25, 0.3) is 0 Å². The van der Waals surface area contributed by atoms with E-state index >= 15 is 0 Å². The summed E-state index contributed by atoms with van der Waals surface area (Å²) in [5.41, 5.74) is 0.507. The third kappa shape index (κ3) is 3.17. The van der Waals surface area contributed by atoms with Gasteiger partial charge in [-0.25, -0.2) is 4.68 Å². The number of para-hydroxylation sites is 1. The van der Waals surface area contributed by atoms with E-state index in [1.54, 1.807) is 36.2 Å². The molecule has 106 valence electrons. The number of rotatable bonds is 5. The lowest BCUT2D eigenvalue weighted by Gasteiger charge is -2.12. The standard InChI is InChI=1S/C15H19N3O2/c1-11(2)10-18-14(8-9-16-18)17-15(19)12-6-4-5-7-13(12)20-3/h4-9,11H,10H2,1-3H3,(H,17,19). The second-order valence-corrected chi connectivity index (χ2v) is 4.95. The highest BCUT2D eigenvalue weighted by Crippen LogP contribution is 2.19. The highest BCUT2D eigenvalue weighted by atomic mass is 16.5. The molecule has 0 fully saturated rings. The average molecular weight is 273 g/mol. The van der Waals surface area contributed by atoms with Crippen LogP contribution in [0.4, 0.5) is 5.82 Å². The minimum Gasteiger partial charge on any atom is -0.496 e. The maximum Gasteiger partial charge on any atom is 0.260 e. The number of hydrogen-bond donors (Lipinski definition) is 1. The van der Waals surface area contributed by atoms with E-state index in [4.69, 9.17) is 4.74 Å². The Labute approximate surface area is 118 Å². The number of nitrogens with one attached hydrogen (secondary N) is 1. The van der Waals surface area contributed by atoms with Crippen molar-refractivity contribution < 1.29 is 9.53 Å². The molecule has 1 amide bonds. The van der Waals surface area contributed by atoms with Gasteiger partial charge in [-0.2, -0.15) is 5.10 Å². The van der Waals surface area contributed by atoms with Crippen LogP contribution in [0.5, 0.6) is 5.75 Å². The Morgan fingerprint density at radius 1 is 1.35 bits per heavy atom. The number of amides is 1. The highest BCUT2D eigenvalue weighted by molar-refractivity contribution is 6.05. The van der Waals surface area contributed by atoms with Crippen LogP contribution in [0.15, 0.2) is 36.5 Å². The molecule has 0 aliphatic carbocycles. The Bertz CT molecular complexity index is 590. The van der Waals surface area contributed by atoms with Crippen molar-refractivity contribution in [2.45, 2.75) is 20.4 Å². The molecule has 0 aliphatic heterocycles. The summed E-state index contributed by atoms with van der Waals surface area (Å²) in [4.78, 5) is 12.3. The molecule has 1 aromatic heterocycles.